The number of rotatable bonds is 5. The summed E-state index contributed by atoms with van der Waals surface area (Å²) in [6, 6.07) is 64.6. The molecule has 1 aliphatic rings. The molecule has 258 valence electrons. The predicted octanol–water partition coefficient (Wildman–Crippen LogP) is 13.1. The molecule has 1 aliphatic heterocycles. The van der Waals surface area contributed by atoms with Crippen molar-refractivity contribution in [2.75, 3.05) is 0 Å². The van der Waals surface area contributed by atoms with Crippen LogP contribution in [0.4, 0.5) is 5.69 Å². The van der Waals surface area contributed by atoms with Crippen LogP contribution >= 0.6 is 0 Å². The number of hydrogen-bond donors (Lipinski definition) is 0. The minimum absolute atomic E-state index is 0.145. The van der Waals surface area contributed by atoms with E-state index in [9.17, 15) is 0 Å². The van der Waals surface area contributed by atoms with E-state index in [0.29, 0.717) is 5.82 Å². The lowest BCUT2D eigenvalue weighted by Crippen LogP contribution is -2.06. The standard InChI is InChI=1S/C51H34N4/c1-32-40-26-23-35-21-22-36-29-38(51-52-44(33-13-5-2-6-14-33)31-45(53-51)34-15-7-3-8-16-34)25-27-41(36)48(35)50(40)54-49(32)37-24-28-43-42-19-11-12-20-46(42)55(47(43)30-37)39-17-9-4-10-18-39/h2-32H,1H3/t32-/m1/s1. The van der Waals surface area contributed by atoms with E-state index in [1.807, 2.05) is 12.1 Å². The Balaban J connectivity index is 1.05. The molecule has 2 aromatic heterocycles. The number of hydrogen-bond acceptors (Lipinski definition) is 3. The van der Waals surface area contributed by atoms with Crippen LogP contribution in [0.15, 0.2) is 187 Å². The lowest BCUT2D eigenvalue weighted by molar-refractivity contribution is 1.06. The molecule has 0 spiro atoms. The topological polar surface area (TPSA) is 43.1 Å². The lowest BCUT2D eigenvalue weighted by atomic mass is 9.90. The summed E-state index contributed by atoms with van der Waals surface area (Å²) in [6.07, 6.45) is 0. The van der Waals surface area contributed by atoms with Gasteiger partial charge in [-0.1, -0.05) is 153 Å². The number of para-hydroxylation sites is 2. The number of nitrogens with zero attached hydrogens (tertiary/aromatic N) is 4. The third-order valence-electron chi connectivity index (χ3n) is 11.2. The van der Waals surface area contributed by atoms with Crippen LogP contribution < -0.4 is 0 Å². The first-order valence-electron chi connectivity index (χ1n) is 18.9. The third-order valence-corrected chi connectivity index (χ3v) is 11.2. The second-order valence-corrected chi connectivity index (χ2v) is 14.4. The van der Waals surface area contributed by atoms with E-state index >= 15 is 0 Å². The zero-order chi connectivity index (χ0) is 36.5. The zero-order valence-electron chi connectivity index (χ0n) is 30.2. The van der Waals surface area contributed by atoms with Crippen molar-refractivity contribution in [3.8, 4) is 39.6 Å². The quantitative estimate of drug-likeness (QED) is 0.168. The molecule has 0 fully saturated rings. The van der Waals surface area contributed by atoms with Crippen molar-refractivity contribution in [2.45, 2.75) is 12.8 Å². The molecule has 0 bridgehead atoms. The van der Waals surface area contributed by atoms with E-state index in [-0.39, 0.29) is 5.92 Å². The van der Waals surface area contributed by atoms with E-state index in [2.05, 4.69) is 181 Å². The first-order chi connectivity index (χ1) is 27.2. The summed E-state index contributed by atoms with van der Waals surface area (Å²) < 4.78 is 2.38. The van der Waals surface area contributed by atoms with Crippen LogP contribution in [0.2, 0.25) is 0 Å². The minimum atomic E-state index is 0.145. The van der Waals surface area contributed by atoms with Gasteiger partial charge in [0.25, 0.3) is 0 Å². The number of benzene rings is 8. The van der Waals surface area contributed by atoms with Crippen molar-refractivity contribution in [3.05, 3.63) is 193 Å². The Morgan fingerprint density at radius 1 is 0.455 bits per heavy atom. The highest BCUT2D eigenvalue weighted by Gasteiger charge is 2.27. The first kappa shape index (κ1) is 31.4. The summed E-state index contributed by atoms with van der Waals surface area (Å²) in [5, 5.41) is 7.18. The first-order valence-corrected chi connectivity index (χ1v) is 18.9. The molecule has 4 heteroatoms. The van der Waals surface area contributed by atoms with Crippen molar-refractivity contribution in [1.29, 1.82) is 0 Å². The molecule has 0 saturated carbocycles. The lowest BCUT2D eigenvalue weighted by Gasteiger charge is -2.13. The fourth-order valence-electron chi connectivity index (χ4n) is 8.52. The maximum absolute atomic E-state index is 5.50. The number of aromatic nitrogens is 3. The molecule has 0 N–H and O–H groups in total. The van der Waals surface area contributed by atoms with E-state index in [1.54, 1.807) is 0 Å². The molecule has 55 heavy (non-hydrogen) atoms. The Morgan fingerprint density at radius 2 is 1.05 bits per heavy atom. The van der Waals surface area contributed by atoms with Gasteiger partial charge in [-0.05, 0) is 63.7 Å². The second kappa shape index (κ2) is 12.5. The van der Waals surface area contributed by atoms with Crippen molar-refractivity contribution in [2.24, 2.45) is 4.99 Å². The molecule has 8 aromatic carbocycles. The summed E-state index contributed by atoms with van der Waals surface area (Å²) in [4.78, 5) is 15.7. The van der Waals surface area contributed by atoms with Crippen molar-refractivity contribution in [3.63, 3.8) is 0 Å². The average molecular weight is 703 g/mol. The van der Waals surface area contributed by atoms with Crippen molar-refractivity contribution >= 4 is 54.7 Å². The maximum Gasteiger partial charge on any atom is 0.160 e. The summed E-state index contributed by atoms with van der Waals surface area (Å²) in [5.41, 5.74) is 13.0. The molecule has 1 atom stereocenters. The van der Waals surface area contributed by atoms with Gasteiger partial charge in [0.05, 0.1) is 33.8 Å². The Bertz CT molecular complexity index is 3090. The van der Waals surface area contributed by atoms with Crippen LogP contribution in [0, 0.1) is 0 Å². The summed E-state index contributed by atoms with van der Waals surface area (Å²) in [5.74, 6) is 0.851. The SMILES string of the molecule is C[C@H]1C(c2ccc3c4ccccc4n(-c4ccccc4)c3c2)=Nc2c1ccc1ccc3cc(-c4nc(-c5ccccc5)cc(-c5ccccc5)n4)ccc3c21. The van der Waals surface area contributed by atoms with Gasteiger partial charge in [-0.3, -0.25) is 4.99 Å². The molecule has 0 radical (unpaired) electrons. The fourth-order valence-corrected chi connectivity index (χ4v) is 8.52. The highest BCUT2D eigenvalue weighted by atomic mass is 15.0. The molecule has 11 rings (SSSR count). The molecule has 0 aliphatic carbocycles. The highest BCUT2D eigenvalue weighted by Crippen LogP contribution is 2.46. The number of aliphatic imine (C=N–C) groups is 1. The Labute approximate surface area is 318 Å². The zero-order valence-corrected chi connectivity index (χ0v) is 30.2. The van der Waals surface area contributed by atoms with Gasteiger partial charge in [-0.15, -0.1) is 0 Å². The molecule has 0 amide bonds. The van der Waals surface area contributed by atoms with Gasteiger partial charge < -0.3 is 4.57 Å². The summed E-state index contributed by atoms with van der Waals surface area (Å²) in [7, 11) is 0. The van der Waals surface area contributed by atoms with Crippen LogP contribution in [0.5, 0.6) is 0 Å². The molecule has 4 nitrogen and oxygen atoms in total. The molecule has 0 unspecified atom stereocenters. The Hall–Kier alpha value is -7.17. The number of fused-ring (bicyclic) bond motifs is 8. The largest absolute Gasteiger partial charge is 0.309 e. The fraction of sp³-hybridized carbons (Fsp3) is 0.0392. The minimum Gasteiger partial charge on any atom is -0.309 e. The van der Waals surface area contributed by atoms with Gasteiger partial charge in [0.2, 0.25) is 0 Å². The van der Waals surface area contributed by atoms with E-state index in [1.165, 1.54) is 43.5 Å². The van der Waals surface area contributed by atoms with E-state index < -0.39 is 0 Å². The van der Waals surface area contributed by atoms with Crippen LogP contribution in [0.25, 0.3) is 82.9 Å². The molecular weight excluding hydrogens is 669 g/mol. The van der Waals surface area contributed by atoms with Crippen LogP contribution in [-0.2, 0) is 0 Å². The van der Waals surface area contributed by atoms with Gasteiger partial charge in [-0.25, -0.2) is 9.97 Å². The van der Waals surface area contributed by atoms with Crippen molar-refractivity contribution < 1.29 is 0 Å². The summed E-state index contributed by atoms with van der Waals surface area (Å²) >= 11 is 0. The average Bonchev–Trinajstić information content (AvgIpc) is 3.78. The van der Waals surface area contributed by atoms with E-state index in [4.69, 9.17) is 15.0 Å². The van der Waals surface area contributed by atoms with Gasteiger partial charge in [-0.2, -0.15) is 0 Å². The second-order valence-electron chi connectivity index (χ2n) is 14.4. The smallest absolute Gasteiger partial charge is 0.160 e. The third kappa shape index (κ3) is 5.10. The van der Waals surface area contributed by atoms with Gasteiger partial charge in [0.1, 0.15) is 0 Å². The van der Waals surface area contributed by atoms with Crippen LogP contribution in [-0.4, -0.2) is 20.2 Å². The molecule has 10 aromatic rings. The van der Waals surface area contributed by atoms with Gasteiger partial charge >= 0.3 is 0 Å². The van der Waals surface area contributed by atoms with Crippen LogP contribution in [0.1, 0.15) is 24.0 Å². The Morgan fingerprint density at radius 3 is 1.80 bits per heavy atom. The molecule has 3 heterocycles. The Kier molecular flexibility index (Phi) is 7.11. The van der Waals surface area contributed by atoms with Gasteiger partial charge in [0.15, 0.2) is 5.82 Å². The molecular formula is C51H34N4. The maximum atomic E-state index is 5.50. The highest BCUT2D eigenvalue weighted by molar-refractivity contribution is 6.20. The van der Waals surface area contributed by atoms with Crippen LogP contribution in [0.3, 0.4) is 0 Å². The predicted molar refractivity (Wildman–Crippen MR) is 229 cm³/mol. The molecule has 0 saturated heterocycles. The normalized spacial score (nSPS) is 13.8. The van der Waals surface area contributed by atoms with Crippen molar-refractivity contribution in [1.82, 2.24) is 14.5 Å². The summed E-state index contributed by atoms with van der Waals surface area (Å²) in [6.45, 7) is 2.29. The van der Waals surface area contributed by atoms with Gasteiger partial charge in [0, 0.05) is 44.5 Å². The van der Waals surface area contributed by atoms with E-state index in [0.717, 1.165) is 56.1 Å². The monoisotopic (exact) mass is 702 g/mol.